The van der Waals surface area contributed by atoms with E-state index in [0.29, 0.717) is 17.7 Å². The number of nitrogens with one attached hydrogen (secondary N) is 2. The van der Waals surface area contributed by atoms with Gasteiger partial charge in [0.2, 0.25) is 0 Å². The third kappa shape index (κ3) is 9.01. The molecule has 0 bridgehead atoms. The molecule has 5 aromatic rings. The Hall–Kier alpha value is -4.23. The Labute approximate surface area is 305 Å². The van der Waals surface area contributed by atoms with E-state index in [4.69, 9.17) is 30.4 Å². The molecule has 10 heteroatoms. The van der Waals surface area contributed by atoms with Crippen molar-refractivity contribution in [2.45, 2.75) is 13.3 Å². The molecule has 6 nitrogen and oxygen atoms in total. The Morgan fingerprint density at radius 1 is 0.542 bits per heavy atom. The molecule has 5 rings (SSSR count). The smallest absolute Gasteiger partial charge is 0.741 e. The summed E-state index contributed by atoms with van der Waals surface area (Å²) in [6, 6.07) is 49.9. The van der Waals surface area contributed by atoms with E-state index in [2.05, 4.69) is 118 Å². The number of amidine groups is 2. The molecule has 245 valence electrons. The SMILES string of the molecule is CCc1ccc(C(=N\N=C(/[S-])NC)/C(=N/N=C(\[S-])NC[P+](c2ccccc2)(c2ccccc2)c2ccccc2)c2ccccc2)cc1.[Cu+2]. The Kier molecular flexibility index (Phi) is 14.0. The van der Waals surface area contributed by atoms with Gasteiger partial charge in [-0.1, -0.05) is 116 Å². The molecule has 0 unspecified atom stereocenters. The fraction of sp³-hybridized carbons (Fsp3) is 0.105. The molecule has 0 aliphatic carbocycles. The van der Waals surface area contributed by atoms with Gasteiger partial charge in [-0.15, -0.1) is 10.2 Å². The molecule has 0 heterocycles. The van der Waals surface area contributed by atoms with E-state index in [-0.39, 0.29) is 27.4 Å². The van der Waals surface area contributed by atoms with Crippen LogP contribution >= 0.6 is 7.26 Å². The van der Waals surface area contributed by atoms with Gasteiger partial charge in [0.05, 0.1) is 0 Å². The van der Waals surface area contributed by atoms with E-state index in [1.165, 1.54) is 21.5 Å². The first-order valence-corrected chi connectivity index (χ1v) is 18.1. The van der Waals surface area contributed by atoms with Crippen molar-refractivity contribution >= 4 is 70.2 Å². The van der Waals surface area contributed by atoms with Crippen molar-refractivity contribution in [3.05, 3.63) is 162 Å². The molecule has 0 saturated carbocycles. The maximum atomic E-state index is 5.84. The van der Waals surface area contributed by atoms with Gasteiger partial charge in [0.15, 0.2) is 0 Å². The monoisotopic (exact) mass is 734 g/mol. The average molecular weight is 735 g/mol. The first-order valence-electron chi connectivity index (χ1n) is 15.3. The number of hydrogen-bond acceptors (Lipinski definition) is 6. The zero-order chi connectivity index (χ0) is 32.9. The number of hydrogen-bond donors (Lipinski definition) is 2. The Morgan fingerprint density at radius 3 is 1.35 bits per heavy atom. The van der Waals surface area contributed by atoms with Gasteiger partial charge in [-0.3, -0.25) is 0 Å². The number of rotatable bonds is 11. The minimum atomic E-state index is -2.18. The van der Waals surface area contributed by atoms with Crippen LogP contribution in [-0.4, -0.2) is 35.1 Å². The zero-order valence-electron chi connectivity index (χ0n) is 26.6. The van der Waals surface area contributed by atoms with Crippen LogP contribution in [0.4, 0.5) is 0 Å². The molecule has 2 N–H and O–H groups in total. The molecular weight excluding hydrogens is 699 g/mol. The van der Waals surface area contributed by atoms with Crippen LogP contribution in [0.5, 0.6) is 0 Å². The summed E-state index contributed by atoms with van der Waals surface area (Å²) in [5, 5.41) is 28.7. The maximum Gasteiger partial charge on any atom is 2.00 e. The summed E-state index contributed by atoms with van der Waals surface area (Å²) in [6.45, 7) is 2.12. The van der Waals surface area contributed by atoms with Gasteiger partial charge in [0.1, 0.15) is 40.9 Å². The van der Waals surface area contributed by atoms with Gasteiger partial charge in [0.25, 0.3) is 0 Å². The van der Waals surface area contributed by atoms with E-state index in [1.807, 2.05) is 60.7 Å². The van der Waals surface area contributed by atoms with E-state index >= 15 is 0 Å². The number of aryl methyl sites for hydroxylation is 1. The van der Waals surface area contributed by atoms with Crippen molar-refractivity contribution < 1.29 is 17.1 Å². The van der Waals surface area contributed by atoms with Gasteiger partial charge in [-0.25, -0.2) is 0 Å². The van der Waals surface area contributed by atoms with Gasteiger partial charge < -0.3 is 35.9 Å². The van der Waals surface area contributed by atoms with Crippen LogP contribution in [-0.2, 0) is 48.7 Å². The summed E-state index contributed by atoms with van der Waals surface area (Å²) in [7, 11) is -0.466. The van der Waals surface area contributed by atoms with Crippen molar-refractivity contribution in [1.29, 1.82) is 0 Å². The first kappa shape index (κ1) is 36.6. The molecule has 0 aliphatic heterocycles. The second kappa shape index (κ2) is 18.3. The standard InChI is InChI=1S/C38H37N6PS2.Cu/c1-3-29-24-26-31(27-25-29)36(41-43-37(46)39-2)35(30-16-8-4-9-17-30)42-44-38(47)40-28-45(32-18-10-5-11-19-32,33-20-12-6-13-21-33)34-22-14-7-15-23-34;/h4-27H,3,28H2,1-2H3,(H3-,39,40,41,42,43,44,46,47);/q;+2/p-1. The second-order valence-electron chi connectivity index (χ2n) is 10.5. The predicted octanol–water partition coefficient (Wildman–Crippen LogP) is 5.92. The summed E-state index contributed by atoms with van der Waals surface area (Å²) < 4.78 is 0. The first-order chi connectivity index (χ1) is 23.0. The average Bonchev–Trinajstić information content (AvgIpc) is 3.15. The predicted molar refractivity (Wildman–Crippen MR) is 207 cm³/mol. The Balaban J connectivity index is 0.00000520. The van der Waals surface area contributed by atoms with Gasteiger partial charge in [-0.2, -0.15) is 10.2 Å². The van der Waals surface area contributed by atoms with Crippen LogP contribution in [0.1, 0.15) is 23.6 Å². The summed E-state index contributed by atoms with van der Waals surface area (Å²) in [4.78, 5) is 0. The third-order valence-corrected chi connectivity index (χ3v) is 12.3. The fourth-order valence-electron chi connectivity index (χ4n) is 5.21. The second-order valence-corrected chi connectivity index (χ2v) is 14.8. The molecular formula is C38H36CuN6PS2+. The molecule has 5 aromatic carbocycles. The molecule has 0 amide bonds. The molecule has 0 saturated heterocycles. The van der Waals surface area contributed by atoms with Gasteiger partial charge >= 0.3 is 17.1 Å². The molecule has 0 fully saturated rings. The van der Waals surface area contributed by atoms with Crippen molar-refractivity contribution in [2.75, 3.05) is 13.3 Å². The summed E-state index contributed by atoms with van der Waals surface area (Å²) in [5.74, 6) is 0. The van der Waals surface area contributed by atoms with Crippen LogP contribution in [0.2, 0.25) is 0 Å². The minimum Gasteiger partial charge on any atom is -0.741 e. The van der Waals surface area contributed by atoms with Crippen molar-refractivity contribution in [3.8, 4) is 0 Å². The van der Waals surface area contributed by atoms with Crippen molar-refractivity contribution in [2.24, 2.45) is 20.4 Å². The van der Waals surface area contributed by atoms with Gasteiger partial charge in [0, 0.05) is 23.3 Å². The van der Waals surface area contributed by atoms with Crippen LogP contribution in [0.25, 0.3) is 0 Å². The minimum absolute atomic E-state index is 0. The van der Waals surface area contributed by atoms with Crippen molar-refractivity contribution in [3.63, 3.8) is 0 Å². The van der Waals surface area contributed by atoms with E-state index in [9.17, 15) is 0 Å². The Bertz CT molecular complexity index is 1760. The molecule has 1 radical (unpaired) electrons. The van der Waals surface area contributed by atoms with Crippen LogP contribution in [0.3, 0.4) is 0 Å². The van der Waals surface area contributed by atoms with E-state index in [1.54, 1.807) is 7.05 Å². The molecule has 0 atom stereocenters. The summed E-state index contributed by atoms with van der Waals surface area (Å²) in [5.41, 5.74) is 3.93. The topological polar surface area (TPSA) is 73.5 Å². The third-order valence-electron chi connectivity index (χ3n) is 7.66. The number of benzene rings is 5. The van der Waals surface area contributed by atoms with Crippen molar-refractivity contribution in [1.82, 2.24) is 10.6 Å². The Morgan fingerprint density at radius 2 is 0.938 bits per heavy atom. The summed E-state index contributed by atoms with van der Waals surface area (Å²) in [6.07, 6.45) is 1.49. The van der Waals surface area contributed by atoms with E-state index < -0.39 is 7.26 Å². The molecule has 48 heavy (non-hydrogen) atoms. The number of nitrogens with zero attached hydrogens (tertiary/aromatic N) is 4. The molecule has 0 aromatic heterocycles. The largest absolute Gasteiger partial charge is 2.00 e. The summed E-state index contributed by atoms with van der Waals surface area (Å²) >= 11 is 11.1. The maximum absolute atomic E-state index is 5.84. The molecule has 0 spiro atoms. The quantitative estimate of drug-likeness (QED) is 0.0442. The normalized spacial score (nSPS) is 12.6. The van der Waals surface area contributed by atoms with Crippen LogP contribution in [0, 0.1) is 0 Å². The van der Waals surface area contributed by atoms with Crippen LogP contribution < -0.4 is 26.5 Å². The van der Waals surface area contributed by atoms with Crippen LogP contribution in [0.15, 0.2) is 166 Å². The fourth-order valence-corrected chi connectivity index (χ4v) is 9.34. The molecule has 0 aliphatic rings. The van der Waals surface area contributed by atoms with E-state index in [0.717, 1.165) is 17.5 Å². The van der Waals surface area contributed by atoms with Gasteiger partial charge in [-0.05, 0) is 53.6 Å². The zero-order valence-corrected chi connectivity index (χ0v) is 30.1.